The number of nitrogens with zero attached hydrogens (tertiary/aromatic N) is 2. The molecule has 0 aliphatic carbocycles. The summed E-state index contributed by atoms with van der Waals surface area (Å²) in [4.78, 5) is 26.4. The Morgan fingerprint density at radius 1 is 1.55 bits per heavy atom. The molecule has 0 bridgehead atoms. The Bertz CT molecular complexity index is 675. The molecule has 0 spiro atoms. The molecule has 1 unspecified atom stereocenters. The van der Waals surface area contributed by atoms with E-state index >= 15 is 0 Å². The van der Waals surface area contributed by atoms with Gasteiger partial charge in [-0.05, 0) is 30.4 Å². The highest BCUT2D eigenvalue weighted by molar-refractivity contribution is 7.10. The van der Waals surface area contributed by atoms with Crippen LogP contribution in [-0.2, 0) is 11.2 Å². The topological polar surface area (TPSA) is 83.6 Å². The van der Waals surface area contributed by atoms with Crippen molar-refractivity contribution in [3.05, 3.63) is 39.4 Å². The van der Waals surface area contributed by atoms with Gasteiger partial charge in [0.2, 0.25) is 5.76 Å². The van der Waals surface area contributed by atoms with Crippen molar-refractivity contribution in [2.45, 2.75) is 19.4 Å². The van der Waals surface area contributed by atoms with Gasteiger partial charge in [-0.15, -0.1) is 11.3 Å². The van der Waals surface area contributed by atoms with Gasteiger partial charge in [-0.2, -0.15) is 0 Å². The van der Waals surface area contributed by atoms with E-state index in [0.717, 1.165) is 4.88 Å². The summed E-state index contributed by atoms with van der Waals surface area (Å²) in [6.07, 6.45) is 2.11. The summed E-state index contributed by atoms with van der Waals surface area (Å²) >= 11 is 1.52. The molecule has 0 saturated heterocycles. The molecule has 6 nitrogen and oxygen atoms in total. The number of carboxylic acid groups (broad SMARTS) is 1. The zero-order valence-electron chi connectivity index (χ0n) is 10.7. The molecule has 0 saturated carbocycles. The molecule has 1 atom stereocenters. The highest BCUT2D eigenvalue weighted by Crippen LogP contribution is 2.34. The molecule has 7 heteroatoms. The molecule has 104 valence electrons. The molecule has 2 aromatic rings. The van der Waals surface area contributed by atoms with Gasteiger partial charge in [0.25, 0.3) is 5.91 Å². The Kier molecular flexibility index (Phi) is 3.06. The number of fused-ring (bicyclic) bond motifs is 1. The smallest absolute Gasteiger partial charge is 0.331 e. The van der Waals surface area contributed by atoms with Crippen molar-refractivity contribution in [1.29, 1.82) is 0 Å². The second-order valence-corrected chi connectivity index (χ2v) is 5.63. The SMILES string of the molecule is Cc1cnoc1C(=O)N1CCc2sccc2C1C(=O)O. The van der Waals surface area contributed by atoms with Gasteiger partial charge in [-0.1, -0.05) is 5.16 Å². The fourth-order valence-corrected chi connectivity index (χ4v) is 3.33. The number of carboxylic acids is 1. The largest absolute Gasteiger partial charge is 0.479 e. The monoisotopic (exact) mass is 292 g/mol. The molecule has 3 heterocycles. The summed E-state index contributed by atoms with van der Waals surface area (Å²) in [5, 5.41) is 14.9. The molecule has 1 aliphatic heterocycles. The van der Waals surface area contributed by atoms with Gasteiger partial charge < -0.3 is 14.5 Å². The van der Waals surface area contributed by atoms with E-state index in [9.17, 15) is 14.7 Å². The molecule has 2 aromatic heterocycles. The van der Waals surface area contributed by atoms with Crippen molar-refractivity contribution in [1.82, 2.24) is 10.1 Å². The number of hydrogen-bond donors (Lipinski definition) is 1. The van der Waals surface area contributed by atoms with Crippen LogP contribution in [0.15, 0.2) is 22.2 Å². The average Bonchev–Trinajstić information content (AvgIpc) is 3.04. The normalized spacial score (nSPS) is 17.9. The lowest BCUT2D eigenvalue weighted by molar-refractivity contribution is -0.143. The molecule has 0 radical (unpaired) electrons. The first kappa shape index (κ1) is 12.9. The van der Waals surface area contributed by atoms with Crippen LogP contribution in [-0.4, -0.2) is 33.6 Å². The van der Waals surface area contributed by atoms with Crippen LogP contribution >= 0.6 is 11.3 Å². The Morgan fingerprint density at radius 3 is 3.00 bits per heavy atom. The summed E-state index contributed by atoms with van der Waals surface area (Å²) in [5.41, 5.74) is 1.30. The number of hydrogen-bond acceptors (Lipinski definition) is 5. The van der Waals surface area contributed by atoms with Gasteiger partial charge in [0.1, 0.15) is 0 Å². The Morgan fingerprint density at radius 2 is 2.35 bits per heavy atom. The van der Waals surface area contributed by atoms with E-state index in [1.165, 1.54) is 22.4 Å². The molecule has 1 aliphatic rings. The molecular formula is C13H12N2O4S. The van der Waals surface area contributed by atoms with Crippen molar-refractivity contribution >= 4 is 23.2 Å². The zero-order valence-corrected chi connectivity index (χ0v) is 11.5. The Hall–Kier alpha value is -2.15. The number of aliphatic carboxylic acids is 1. The van der Waals surface area contributed by atoms with Crippen LogP contribution in [0.1, 0.15) is 32.6 Å². The minimum atomic E-state index is -1.03. The number of aryl methyl sites for hydroxylation is 1. The van der Waals surface area contributed by atoms with Crippen molar-refractivity contribution < 1.29 is 19.2 Å². The van der Waals surface area contributed by atoms with E-state index in [1.54, 1.807) is 13.0 Å². The van der Waals surface area contributed by atoms with Gasteiger partial charge in [-0.25, -0.2) is 4.79 Å². The fraction of sp³-hybridized carbons (Fsp3) is 0.308. The second kappa shape index (κ2) is 4.75. The van der Waals surface area contributed by atoms with Crippen LogP contribution in [0.3, 0.4) is 0 Å². The molecule has 0 aromatic carbocycles. The Balaban J connectivity index is 2.00. The van der Waals surface area contributed by atoms with E-state index in [4.69, 9.17) is 4.52 Å². The third kappa shape index (κ3) is 1.90. The minimum Gasteiger partial charge on any atom is -0.479 e. The quantitative estimate of drug-likeness (QED) is 0.913. The first-order chi connectivity index (χ1) is 9.59. The summed E-state index contributed by atoms with van der Waals surface area (Å²) in [6, 6.07) is 0.813. The van der Waals surface area contributed by atoms with Crippen LogP contribution < -0.4 is 0 Å². The van der Waals surface area contributed by atoms with Crippen LogP contribution in [0, 0.1) is 6.92 Å². The first-order valence-corrected chi connectivity index (χ1v) is 6.99. The molecule has 0 fully saturated rings. The molecule has 3 rings (SSSR count). The number of aromatic nitrogens is 1. The van der Waals surface area contributed by atoms with Gasteiger partial charge in [-0.3, -0.25) is 4.79 Å². The van der Waals surface area contributed by atoms with Gasteiger partial charge in [0.15, 0.2) is 6.04 Å². The number of amides is 1. The maximum atomic E-state index is 12.5. The van der Waals surface area contributed by atoms with Crippen molar-refractivity contribution in [3.63, 3.8) is 0 Å². The van der Waals surface area contributed by atoms with Crippen molar-refractivity contribution in [2.24, 2.45) is 0 Å². The molecule has 1 amide bonds. The zero-order chi connectivity index (χ0) is 14.3. The second-order valence-electron chi connectivity index (χ2n) is 4.63. The van der Waals surface area contributed by atoms with Gasteiger partial charge in [0, 0.05) is 17.0 Å². The predicted octanol–water partition coefficient (Wildman–Crippen LogP) is 1.87. The lowest BCUT2D eigenvalue weighted by Gasteiger charge is -2.32. The molecule has 1 N–H and O–H groups in total. The van der Waals surface area contributed by atoms with Crippen molar-refractivity contribution in [3.8, 4) is 0 Å². The van der Waals surface area contributed by atoms with E-state index in [-0.39, 0.29) is 5.76 Å². The maximum absolute atomic E-state index is 12.5. The highest BCUT2D eigenvalue weighted by atomic mass is 32.1. The average molecular weight is 292 g/mol. The van der Waals surface area contributed by atoms with Gasteiger partial charge in [0.05, 0.1) is 6.20 Å². The number of thiophene rings is 1. The summed E-state index contributed by atoms with van der Waals surface area (Å²) in [7, 11) is 0. The Labute approximate surface area is 118 Å². The number of carbonyl (C=O) groups is 2. The first-order valence-electron chi connectivity index (χ1n) is 6.11. The van der Waals surface area contributed by atoms with E-state index in [0.29, 0.717) is 24.1 Å². The van der Waals surface area contributed by atoms with Crippen LogP contribution in [0.25, 0.3) is 0 Å². The third-order valence-electron chi connectivity index (χ3n) is 3.40. The minimum absolute atomic E-state index is 0.106. The standard InChI is InChI=1S/C13H12N2O4S/c1-7-6-14-19-11(7)12(16)15-4-2-9-8(3-5-20-9)10(15)13(17)18/h3,5-6,10H,2,4H2,1H3,(H,17,18). The fourth-order valence-electron chi connectivity index (χ4n) is 2.43. The summed E-state index contributed by atoms with van der Waals surface area (Å²) in [5.74, 6) is -1.35. The van der Waals surface area contributed by atoms with E-state index in [1.807, 2.05) is 5.38 Å². The lowest BCUT2D eigenvalue weighted by atomic mass is 9.99. The molecule has 20 heavy (non-hydrogen) atoms. The number of rotatable bonds is 2. The summed E-state index contributed by atoms with van der Waals surface area (Å²) < 4.78 is 4.95. The van der Waals surface area contributed by atoms with Gasteiger partial charge >= 0.3 is 5.97 Å². The maximum Gasteiger partial charge on any atom is 0.331 e. The van der Waals surface area contributed by atoms with Crippen LogP contribution in [0.2, 0.25) is 0 Å². The van der Waals surface area contributed by atoms with E-state index < -0.39 is 17.9 Å². The van der Waals surface area contributed by atoms with Crippen LogP contribution in [0.4, 0.5) is 0 Å². The lowest BCUT2D eigenvalue weighted by Crippen LogP contribution is -2.43. The number of carbonyl (C=O) groups excluding carboxylic acids is 1. The van der Waals surface area contributed by atoms with Crippen LogP contribution in [0.5, 0.6) is 0 Å². The molecular weight excluding hydrogens is 280 g/mol. The summed E-state index contributed by atoms with van der Waals surface area (Å²) in [6.45, 7) is 2.07. The predicted molar refractivity (Wildman–Crippen MR) is 70.7 cm³/mol. The third-order valence-corrected chi connectivity index (χ3v) is 4.40. The highest BCUT2D eigenvalue weighted by Gasteiger charge is 2.38. The van der Waals surface area contributed by atoms with E-state index in [2.05, 4.69) is 5.16 Å². The van der Waals surface area contributed by atoms with Crippen molar-refractivity contribution in [2.75, 3.05) is 6.54 Å².